The Kier molecular flexibility index (Phi) is 4.93. The number of halogens is 1. The first kappa shape index (κ1) is 15.2. The summed E-state index contributed by atoms with van der Waals surface area (Å²) in [5.41, 5.74) is 0.380. The number of thioether (sulfide) groups is 1. The van der Waals surface area contributed by atoms with Crippen LogP contribution in [0.1, 0.15) is 16.8 Å². The zero-order valence-corrected chi connectivity index (χ0v) is 13.3. The minimum Gasteiger partial charge on any atom is -0.478 e. The van der Waals surface area contributed by atoms with Gasteiger partial charge in [-0.15, -0.1) is 0 Å². The third-order valence-corrected chi connectivity index (χ3v) is 4.87. The molecule has 2 N–H and O–H groups in total. The van der Waals surface area contributed by atoms with Gasteiger partial charge in [-0.1, -0.05) is 15.9 Å². The summed E-state index contributed by atoms with van der Waals surface area (Å²) in [4.78, 5) is 25.0. The number of amides is 2. The molecule has 0 bridgehead atoms. The van der Waals surface area contributed by atoms with Gasteiger partial charge in [0.15, 0.2) is 0 Å². The largest absolute Gasteiger partial charge is 0.478 e. The smallest absolute Gasteiger partial charge is 0.337 e. The molecule has 1 aliphatic rings. The number of aromatic carboxylic acids is 1. The van der Waals surface area contributed by atoms with E-state index in [0.29, 0.717) is 10.2 Å². The highest BCUT2D eigenvalue weighted by atomic mass is 79.9. The molecular formula is C13H15BrN2O3S. The lowest BCUT2D eigenvalue weighted by Gasteiger charge is -2.24. The second-order valence-electron chi connectivity index (χ2n) is 4.55. The topological polar surface area (TPSA) is 69.6 Å². The van der Waals surface area contributed by atoms with Gasteiger partial charge >= 0.3 is 12.0 Å². The number of carboxylic acid groups (broad SMARTS) is 1. The second-order valence-corrected chi connectivity index (χ2v) is 6.62. The molecule has 1 atom stereocenters. The number of carbonyl (C=O) groups is 2. The summed E-state index contributed by atoms with van der Waals surface area (Å²) >= 11 is 5.05. The highest BCUT2D eigenvalue weighted by molar-refractivity contribution is 9.10. The molecule has 1 saturated heterocycles. The van der Waals surface area contributed by atoms with Gasteiger partial charge in [0, 0.05) is 23.3 Å². The fraction of sp³-hybridized carbons (Fsp3) is 0.385. The Bertz CT molecular complexity index is 532. The maximum Gasteiger partial charge on any atom is 0.337 e. The highest BCUT2D eigenvalue weighted by Gasteiger charge is 2.24. The van der Waals surface area contributed by atoms with Crippen LogP contribution >= 0.6 is 27.7 Å². The average molecular weight is 359 g/mol. The molecule has 1 heterocycles. The average Bonchev–Trinajstić information content (AvgIpc) is 2.93. The molecule has 1 unspecified atom stereocenters. The molecule has 1 fully saturated rings. The van der Waals surface area contributed by atoms with Crippen LogP contribution in [-0.2, 0) is 0 Å². The van der Waals surface area contributed by atoms with E-state index >= 15 is 0 Å². The predicted molar refractivity (Wildman–Crippen MR) is 83.6 cm³/mol. The van der Waals surface area contributed by atoms with E-state index in [2.05, 4.69) is 21.2 Å². The summed E-state index contributed by atoms with van der Waals surface area (Å²) in [6, 6.07) is 4.70. The van der Waals surface area contributed by atoms with Crippen LogP contribution in [-0.4, -0.2) is 46.6 Å². The van der Waals surface area contributed by atoms with Crippen molar-refractivity contribution in [2.45, 2.75) is 12.5 Å². The Morgan fingerprint density at radius 3 is 2.85 bits per heavy atom. The molecule has 0 radical (unpaired) electrons. The van der Waals surface area contributed by atoms with E-state index in [4.69, 9.17) is 5.11 Å². The van der Waals surface area contributed by atoms with Crippen molar-refractivity contribution in [3.8, 4) is 0 Å². The first-order valence-corrected chi connectivity index (χ1v) is 8.08. The van der Waals surface area contributed by atoms with Crippen LogP contribution < -0.4 is 5.32 Å². The van der Waals surface area contributed by atoms with Gasteiger partial charge in [0.2, 0.25) is 0 Å². The molecule has 0 spiro atoms. The lowest BCUT2D eigenvalue weighted by Crippen LogP contribution is -2.40. The third-order valence-electron chi connectivity index (χ3n) is 3.23. The number of hydrogen-bond acceptors (Lipinski definition) is 3. The number of urea groups is 1. The normalized spacial score (nSPS) is 17.8. The fourth-order valence-electron chi connectivity index (χ4n) is 2.00. The summed E-state index contributed by atoms with van der Waals surface area (Å²) in [5.74, 6) is 0.914. The van der Waals surface area contributed by atoms with Gasteiger partial charge in [0.25, 0.3) is 0 Å². The van der Waals surface area contributed by atoms with Crippen LogP contribution in [0.3, 0.4) is 0 Å². The molecule has 0 aliphatic carbocycles. The number of carbonyl (C=O) groups excluding carboxylic acids is 1. The first-order valence-electron chi connectivity index (χ1n) is 6.13. The van der Waals surface area contributed by atoms with Crippen molar-refractivity contribution in [2.75, 3.05) is 23.9 Å². The lowest BCUT2D eigenvalue weighted by atomic mass is 10.2. The quantitative estimate of drug-likeness (QED) is 0.870. The summed E-state index contributed by atoms with van der Waals surface area (Å²) in [7, 11) is 1.74. The van der Waals surface area contributed by atoms with E-state index in [1.165, 1.54) is 6.07 Å². The van der Waals surface area contributed by atoms with Gasteiger partial charge in [-0.2, -0.15) is 11.8 Å². The molecule has 108 valence electrons. The molecule has 1 aromatic rings. The Morgan fingerprint density at radius 2 is 2.25 bits per heavy atom. The highest BCUT2D eigenvalue weighted by Crippen LogP contribution is 2.24. The third kappa shape index (κ3) is 3.46. The zero-order valence-electron chi connectivity index (χ0n) is 10.9. The summed E-state index contributed by atoms with van der Waals surface area (Å²) < 4.78 is 0.661. The maximum atomic E-state index is 12.2. The van der Waals surface area contributed by atoms with Crippen LogP contribution in [0.5, 0.6) is 0 Å². The molecule has 1 aromatic carbocycles. The van der Waals surface area contributed by atoms with Crippen molar-refractivity contribution in [3.63, 3.8) is 0 Å². The van der Waals surface area contributed by atoms with E-state index in [0.717, 1.165) is 17.9 Å². The van der Waals surface area contributed by atoms with Crippen molar-refractivity contribution in [1.29, 1.82) is 0 Å². The number of nitrogens with one attached hydrogen (secondary N) is 1. The van der Waals surface area contributed by atoms with E-state index in [1.54, 1.807) is 24.1 Å². The number of nitrogens with zero attached hydrogens (tertiary/aromatic N) is 1. The zero-order chi connectivity index (χ0) is 14.7. The van der Waals surface area contributed by atoms with Gasteiger partial charge in [0.05, 0.1) is 11.3 Å². The molecule has 0 saturated carbocycles. The lowest BCUT2D eigenvalue weighted by molar-refractivity contribution is 0.0698. The summed E-state index contributed by atoms with van der Waals surface area (Å²) in [5, 5.41) is 11.8. The van der Waals surface area contributed by atoms with Crippen LogP contribution in [0.4, 0.5) is 10.5 Å². The van der Waals surface area contributed by atoms with E-state index in [9.17, 15) is 9.59 Å². The van der Waals surface area contributed by atoms with Gasteiger partial charge in [-0.25, -0.2) is 9.59 Å². The Labute approximate surface area is 129 Å². The Hall–Kier alpha value is -1.21. The number of carboxylic acids is 1. The summed E-state index contributed by atoms with van der Waals surface area (Å²) in [6.45, 7) is 0. The van der Waals surface area contributed by atoms with Crippen LogP contribution in [0.2, 0.25) is 0 Å². The number of rotatable bonds is 3. The van der Waals surface area contributed by atoms with Gasteiger partial charge < -0.3 is 15.3 Å². The van der Waals surface area contributed by atoms with Gasteiger partial charge in [-0.05, 0) is 30.4 Å². The van der Waals surface area contributed by atoms with Crippen LogP contribution in [0.15, 0.2) is 22.7 Å². The molecule has 20 heavy (non-hydrogen) atoms. The fourth-order valence-corrected chi connectivity index (χ4v) is 3.63. The second kappa shape index (κ2) is 6.49. The van der Waals surface area contributed by atoms with Gasteiger partial charge in [0.1, 0.15) is 0 Å². The molecular weight excluding hydrogens is 344 g/mol. The van der Waals surface area contributed by atoms with Crippen LogP contribution in [0.25, 0.3) is 0 Å². The Balaban J connectivity index is 2.12. The van der Waals surface area contributed by atoms with Crippen molar-refractivity contribution < 1.29 is 14.7 Å². The van der Waals surface area contributed by atoms with Crippen LogP contribution in [0, 0.1) is 0 Å². The van der Waals surface area contributed by atoms with Crippen molar-refractivity contribution >= 4 is 45.4 Å². The number of anilines is 1. The number of benzene rings is 1. The maximum absolute atomic E-state index is 12.2. The molecule has 7 heteroatoms. The first-order chi connectivity index (χ1) is 9.49. The minimum absolute atomic E-state index is 0.0712. The van der Waals surface area contributed by atoms with Crippen molar-refractivity contribution in [1.82, 2.24) is 4.90 Å². The molecule has 2 amide bonds. The molecule has 5 nitrogen and oxygen atoms in total. The SMILES string of the molecule is CN(C(=O)Nc1ccc(Br)cc1C(=O)O)C1CCSC1. The monoisotopic (exact) mass is 358 g/mol. The van der Waals surface area contributed by atoms with Crippen molar-refractivity contribution in [3.05, 3.63) is 28.2 Å². The van der Waals surface area contributed by atoms with E-state index < -0.39 is 5.97 Å². The van der Waals surface area contributed by atoms with Gasteiger partial charge in [-0.3, -0.25) is 0 Å². The Morgan fingerprint density at radius 1 is 1.50 bits per heavy atom. The molecule has 2 rings (SSSR count). The van der Waals surface area contributed by atoms with Crippen molar-refractivity contribution in [2.24, 2.45) is 0 Å². The minimum atomic E-state index is -1.07. The van der Waals surface area contributed by atoms with E-state index in [-0.39, 0.29) is 17.6 Å². The van der Waals surface area contributed by atoms with E-state index in [1.807, 2.05) is 11.8 Å². The standard InChI is InChI=1S/C13H15BrN2O3S/c1-16(9-4-5-20-7-9)13(19)15-11-3-2-8(14)6-10(11)12(17)18/h2-3,6,9H,4-5,7H2,1H3,(H,15,19)(H,17,18). The predicted octanol–water partition coefficient (Wildman–Crippen LogP) is 3.12. The molecule has 0 aromatic heterocycles. The summed E-state index contributed by atoms with van der Waals surface area (Å²) in [6.07, 6.45) is 0.973. The number of hydrogen-bond donors (Lipinski definition) is 2. The molecule has 1 aliphatic heterocycles.